The molecular formula is C23H30N3O+. The van der Waals surface area contributed by atoms with Gasteiger partial charge in [-0.15, -0.1) is 0 Å². The highest BCUT2D eigenvalue weighted by molar-refractivity contribution is 5.89. The molecule has 2 amide bonds. The molecule has 3 N–H and O–H groups in total. The number of carbonyl (C=O) groups excluding carboxylic acids is 1. The second-order valence-electron chi connectivity index (χ2n) is 8.20. The number of hydrogen-bond acceptors (Lipinski definition) is 1. The lowest BCUT2D eigenvalue weighted by molar-refractivity contribution is -0.973. The number of fused-ring (bicyclic) bond motifs is 2. The number of aryl methyl sites for hydroxylation is 1. The fraction of sp³-hybridized carbons (Fsp3) is 0.435. The van der Waals surface area contributed by atoms with E-state index in [4.69, 9.17) is 0 Å². The molecule has 4 heteroatoms. The lowest BCUT2D eigenvalue weighted by Gasteiger charge is -2.46. The number of carbonyl (C=O) groups is 1. The van der Waals surface area contributed by atoms with Gasteiger partial charge in [0.15, 0.2) is 0 Å². The summed E-state index contributed by atoms with van der Waals surface area (Å²) in [5, 5.41) is 6.23. The number of hydrogen-bond donors (Lipinski definition) is 3. The Labute approximate surface area is 162 Å². The van der Waals surface area contributed by atoms with Gasteiger partial charge < -0.3 is 15.5 Å². The van der Waals surface area contributed by atoms with E-state index in [9.17, 15) is 4.79 Å². The molecule has 142 valence electrons. The van der Waals surface area contributed by atoms with E-state index in [2.05, 4.69) is 41.0 Å². The number of piperidine rings is 2. The van der Waals surface area contributed by atoms with Gasteiger partial charge in [0.2, 0.25) is 0 Å². The molecular weight excluding hydrogens is 334 g/mol. The maximum Gasteiger partial charge on any atom is 0.319 e. The highest BCUT2D eigenvalue weighted by Gasteiger charge is 2.42. The lowest BCUT2D eigenvalue weighted by Crippen LogP contribution is -3.20. The van der Waals surface area contributed by atoms with Crippen LogP contribution in [0, 0.1) is 6.92 Å². The first-order valence-electron chi connectivity index (χ1n) is 10.2. The van der Waals surface area contributed by atoms with Gasteiger partial charge in [0.05, 0.1) is 12.1 Å². The quantitative estimate of drug-likeness (QED) is 0.766. The van der Waals surface area contributed by atoms with Crippen molar-refractivity contribution in [1.29, 1.82) is 0 Å². The standard InChI is InChI=1S/C23H29N3O/c1-17-7-5-10-19(13-17)24-23(27)25-20-14-21-11-6-12-22(15-20)26(21)16-18-8-3-2-4-9-18/h2-5,7-10,13,20-22H,6,11-12,14-16H2,1H3,(H2,24,25,27)/p+1/t20?,21-,22+. The van der Waals surface area contributed by atoms with Crippen LogP contribution < -0.4 is 15.5 Å². The third kappa shape index (κ3) is 4.51. The van der Waals surface area contributed by atoms with Gasteiger partial charge in [-0.05, 0) is 43.9 Å². The Morgan fingerprint density at radius 1 is 1.04 bits per heavy atom. The highest BCUT2D eigenvalue weighted by atomic mass is 16.2. The van der Waals surface area contributed by atoms with E-state index in [1.165, 1.54) is 24.8 Å². The van der Waals surface area contributed by atoms with Crippen molar-refractivity contribution in [3.05, 3.63) is 65.7 Å². The van der Waals surface area contributed by atoms with Gasteiger partial charge in [0.25, 0.3) is 0 Å². The van der Waals surface area contributed by atoms with E-state index in [-0.39, 0.29) is 12.1 Å². The molecule has 2 bridgehead atoms. The van der Waals surface area contributed by atoms with Crippen LogP contribution in [0.2, 0.25) is 0 Å². The van der Waals surface area contributed by atoms with Crippen molar-refractivity contribution in [3.8, 4) is 0 Å². The topological polar surface area (TPSA) is 45.6 Å². The maximum atomic E-state index is 12.5. The van der Waals surface area contributed by atoms with Gasteiger partial charge in [-0.3, -0.25) is 0 Å². The van der Waals surface area contributed by atoms with Crippen LogP contribution in [0.4, 0.5) is 10.5 Å². The Morgan fingerprint density at radius 2 is 1.78 bits per heavy atom. The molecule has 2 saturated heterocycles. The Bertz CT molecular complexity index is 762. The van der Waals surface area contributed by atoms with Crippen molar-refractivity contribution >= 4 is 11.7 Å². The summed E-state index contributed by atoms with van der Waals surface area (Å²) in [7, 11) is 0. The highest BCUT2D eigenvalue weighted by Crippen LogP contribution is 2.23. The second-order valence-corrected chi connectivity index (χ2v) is 8.20. The molecule has 4 nitrogen and oxygen atoms in total. The summed E-state index contributed by atoms with van der Waals surface area (Å²) in [5.74, 6) is 0. The second kappa shape index (κ2) is 8.13. The average Bonchev–Trinajstić information content (AvgIpc) is 2.63. The van der Waals surface area contributed by atoms with Gasteiger partial charge in [-0.1, -0.05) is 42.5 Å². The third-order valence-electron chi connectivity index (χ3n) is 6.15. The molecule has 27 heavy (non-hydrogen) atoms. The molecule has 2 unspecified atom stereocenters. The number of anilines is 1. The van der Waals surface area contributed by atoms with E-state index in [0.717, 1.165) is 30.6 Å². The minimum Gasteiger partial charge on any atom is -0.335 e. The first-order chi connectivity index (χ1) is 13.2. The van der Waals surface area contributed by atoms with Gasteiger partial charge in [0.1, 0.15) is 6.54 Å². The number of nitrogens with one attached hydrogen (secondary N) is 3. The fourth-order valence-electron chi connectivity index (χ4n) is 4.95. The van der Waals surface area contributed by atoms with E-state index < -0.39 is 0 Å². The van der Waals surface area contributed by atoms with Crippen LogP contribution in [-0.4, -0.2) is 24.2 Å². The van der Waals surface area contributed by atoms with Crippen molar-refractivity contribution in [1.82, 2.24) is 5.32 Å². The molecule has 2 fully saturated rings. The summed E-state index contributed by atoms with van der Waals surface area (Å²) >= 11 is 0. The van der Waals surface area contributed by atoms with Crippen LogP contribution in [0.1, 0.15) is 43.2 Å². The third-order valence-corrected chi connectivity index (χ3v) is 6.15. The first-order valence-corrected chi connectivity index (χ1v) is 10.2. The number of urea groups is 1. The van der Waals surface area contributed by atoms with E-state index in [1.54, 1.807) is 4.90 Å². The molecule has 2 aliphatic rings. The van der Waals surface area contributed by atoms with Crippen molar-refractivity contribution < 1.29 is 9.69 Å². The molecule has 0 radical (unpaired) electrons. The minimum atomic E-state index is -0.0739. The van der Waals surface area contributed by atoms with Crippen LogP contribution in [0.3, 0.4) is 0 Å². The summed E-state index contributed by atoms with van der Waals surface area (Å²) in [4.78, 5) is 14.2. The van der Waals surface area contributed by atoms with Crippen molar-refractivity contribution in [2.75, 3.05) is 5.32 Å². The summed E-state index contributed by atoms with van der Waals surface area (Å²) in [6, 6.07) is 20.3. The normalized spacial score (nSPS) is 27.0. The number of rotatable bonds is 4. The molecule has 0 spiro atoms. The van der Waals surface area contributed by atoms with Crippen molar-refractivity contribution in [2.45, 2.75) is 63.7 Å². The lowest BCUT2D eigenvalue weighted by atomic mass is 9.81. The molecule has 4 rings (SSSR count). The summed E-state index contributed by atoms with van der Waals surface area (Å²) in [5.41, 5.74) is 3.44. The molecule has 0 aliphatic carbocycles. The van der Waals surface area contributed by atoms with Crippen molar-refractivity contribution in [2.24, 2.45) is 0 Å². The zero-order valence-corrected chi connectivity index (χ0v) is 16.1. The zero-order valence-electron chi connectivity index (χ0n) is 16.1. The molecule has 0 aromatic heterocycles. The maximum absolute atomic E-state index is 12.5. The van der Waals surface area contributed by atoms with Gasteiger partial charge >= 0.3 is 6.03 Å². The number of quaternary nitrogens is 1. The van der Waals surface area contributed by atoms with Gasteiger partial charge in [0, 0.05) is 30.1 Å². The van der Waals surface area contributed by atoms with Crippen molar-refractivity contribution in [3.63, 3.8) is 0 Å². The zero-order chi connectivity index (χ0) is 18.6. The fourth-order valence-corrected chi connectivity index (χ4v) is 4.95. The van der Waals surface area contributed by atoms with Crippen LogP contribution in [0.5, 0.6) is 0 Å². The largest absolute Gasteiger partial charge is 0.335 e. The number of benzene rings is 2. The summed E-state index contributed by atoms with van der Waals surface area (Å²) in [6.45, 7) is 3.15. The van der Waals surface area contributed by atoms with Crippen LogP contribution >= 0.6 is 0 Å². The SMILES string of the molecule is Cc1cccc(NC(=O)NC2C[C@H]3CCC[C@@H](C2)[NH+]3Cc2ccccc2)c1. The van der Waals surface area contributed by atoms with E-state index in [0.29, 0.717) is 12.1 Å². The van der Waals surface area contributed by atoms with E-state index >= 15 is 0 Å². The molecule has 0 saturated carbocycles. The minimum absolute atomic E-state index is 0.0739. The Balaban J connectivity index is 1.36. The predicted molar refractivity (Wildman–Crippen MR) is 109 cm³/mol. The smallest absolute Gasteiger partial charge is 0.319 e. The average molecular weight is 365 g/mol. The Hall–Kier alpha value is -2.33. The summed E-state index contributed by atoms with van der Waals surface area (Å²) < 4.78 is 0. The number of amides is 2. The van der Waals surface area contributed by atoms with E-state index in [1.807, 2.05) is 31.2 Å². The van der Waals surface area contributed by atoms with Crippen LogP contribution in [-0.2, 0) is 6.54 Å². The Kier molecular flexibility index (Phi) is 5.44. The Morgan fingerprint density at radius 3 is 2.48 bits per heavy atom. The van der Waals surface area contributed by atoms with Gasteiger partial charge in [-0.2, -0.15) is 0 Å². The summed E-state index contributed by atoms with van der Waals surface area (Å²) in [6.07, 6.45) is 6.04. The first kappa shape index (κ1) is 18.1. The monoisotopic (exact) mass is 364 g/mol. The molecule has 2 aromatic carbocycles. The predicted octanol–water partition coefficient (Wildman–Crippen LogP) is 3.29. The van der Waals surface area contributed by atoms with Crippen LogP contribution in [0.15, 0.2) is 54.6 Å². The molecule has 2 aromatic rings. The van der Waals surface area contributed by atoms with Gasteiger partial charge in [-0.25, -0.2) is 4.79 Å². The van der Waals surface area contributed by atoms with Crippen LogP contribution in [0.25, 0.3) is 0 Å². The molecule has 2 heterocycles. The molecule has 4 atom stereocenters. The molecule has 2 aliphatic heterocycles.